The predicted molar refractivity (Wildman–Crippen MR) is 112 cm³/mol. The second-order valence-electron chi connectivity index (χ2n) is 7.24. The van der Waals surface area contributed by atoms with Crippen molar-refractivity contribution in [2.45, 2.75) is 50.2 Å². The van der Waals surface area contributed by atoms with Crippen LogP contribution >= 0.6 is 23.8 Å². The van der Waals surface area contributed by atoms with Crippen LogP contribution in [0, 0.1) is 0 Å². The lowest BCUT2D eigenvalue weighted by atomic mass is 9.89. The minimum atomic E-state index is -4.51. The number of alkyl halides is 3. The third-order valence-corrected chi connectivity index (χ3v) is 5.74. The fourth-order valence-electron chi connectivity index (χ4n) is 3.74. The molecule has 0 spiro atoms. The van der Waals surface area contributed by atoms with Crippen LogP contribution in [0.3, 0.4) is 0 Å². The van der Waals surface area contributed by atoms with Crippen LogP contribution in [0.1, 0.15) is 43.2 Å². The molecule has 2 aromatic rings. The van der Waals surface area contributed by atoms with Crippen LogP contribution < -0.4 is 10.6 Å². The van der Waals surface area contributed by atoms with Crippen molar-refractivity contribution in [3.63, 3.8) is 0 Å². The second-order valence-corrected chi connectivity index (χ2v) is 8.06. The fraction of sp³-hybridized carbons (Fsp3) is 0.381. The Morgan fingerprint density at radius 1 is 1.07 bits per heavy atom. The molecule has 3 rings (SSSR count). The number of hydrogen-bond acceptors (Lipinski definition) is 1. The summed E-state index contributed by atoms with van der Waals surface area (Å²) >= 11 is 11.1. The Morgan fingerprint density at radius 2 is 1.75 bits per heavy atom. The number of halogens is 4. The molecule has 1 aliphatic rings. The van der Waals surface area contributed by atoms with Gasteiger partial charge in [-0.15, -0.1) is 0 Å². The average molecular weight is 427 g/mol. The number of thiocarbonyl (C=S) groups is 1. The SMILES string of the molecule is FC(F)(F)c1cc(NC(=S)NC2(CCc3ccccc3)CCCC2)ccc1Cl. The summed E-state index contributed by atoms with van der Waals surface area (Å²) in [5, 5.41) is 6.29. The molecular weight excluding hydrogens is 405 g/mol. The molecule has 0 saturated heterocycles. The van der Waals surface area contributed by atoms with Gasteiger partial charge in [-0.2, -0.15) is 13.2 Å². The van der Waals surface area contributed by atoms with E-state index in [0.717, 1.165) is 44.6 Å². The first-order chi connectivity index (χ1) is 13.3. The van der Waals surface area contributed by atoms with Crippen molar-refractivity contribution in [2.24, 2.45) is 0 Å². The van der Waals surface area contributed by atoms with Crippen molar-refractivity contribution in [3.05, 3.63) is 64.7 Å². The standard InChI is InChI=1S/C21H22ClF3N2S/c22-18-9-8-16(14-17(18)21(23,24)25)26-19(28)27-20(11-4-5-12-20)13-10-15-6-2-1-3-7-15/h1-3,6-9,14H,4-5,10-13H2,(H2,26,27,28). The zero-order valence-corrected chi connectivity index (χ0v) is 16.9. The zero-order valence-electron chi connectivity index (χ0n) is 15.3. The van der Waals surface area contributed by atoms with Gasteiger partial charge in [0.25, 0.3) is 0 Å². The Bertz CT molecular complexity index is 818. The van der Waals surface area contributed by atoms with Crippen molar-refractivity contribution in [1.82, 2.24) is 5.32 Å². The van der Waals surface area contributed by atoms with Gasteiger partial charge < -0.3 is 10.6 Å². The number of anilines is 1. The number of rotatable bonds is 5. The van der Waals surface area contributed by atoms with Gasteiger partial charge in [-0.25, -0.2) is 0 Å². The lowest BCUT2D eigenvalue weighted by Crippen LogP contribution is -2.48. The first kappa shape index (κ1) is 20.9. The molecule has 0 aromatic heterocycles. The predicted octanol–water partition coefficient (Wildman–Crippen LogP) is 6.59. The van der Waals surface area contributed by atoms with Crippen LogP contribution in [0.2, 0.25) is 5.02 Å². The molecule has 0 radical (unpaired) electrons. The molecule has 1 aliphatic carbocycles. The Labute approximate surface area is 173 Å². The van der Waals surface area contributed by atoms with Gasteiger partial charge in [-0.3, -0.25) is 0 Å². The Morgan fingerprint density at radius 3 is 2.39 bits per heavy atom. The summed E-state index contributed by atoms with van der Waals surface area (Å²) < 4.78 is 39.2. The second kappa shape index (κ2) is 8.70. The number of aryl methyl sites for hydroxylation is 1. The van der Waals surface area contributed by atoms with Crippen LogP contribution in [0.15, 0.2) is 48.5 Å². The highest BCUT2D eigenvalue weighted by Gasteiger charge is 2.35. The van der Waals surface area contributed by atoms with Crippen LogP contribution in [-0.4, -0.2) is 10.7 Å². The van der Waals surface area contributed by atoms with E-state index in [0.29, 0.717) is 5.11 Å². The number of nitrogens with one attached hydrogen (secondary N) is 2. The van der Waals surface area contributed by atoms with E-state index in [9.17, 15) is 13.2 Å². The summed E-state index contributed by atoms with van der Waals surface area (Å²) in [6.45, 7) is 0. The van der Waals surface area contributed by atoms with Crippen molar-refractivity contribution in [3.8, 4) is 0 Å². The van der Waals surface area contributed by atoms with Gasteiger partial charge in [0.15, 0.2) is 5.11 Å². The Balaban J connectivity index is 1.66. The highest BCUT2D eigenvalue weighted by atomic mass is 35.5. The van der Waals surface area contributed by atoms with Crippen LogP contribution in [-0.2, 0) is 12.6 Å². The molecule has 0 bridgehead atoms. The van der Waals surface area contributed by atoms with E-state index >= 15 is 0 Å². The van der Waals surface area contributed by atoms with Gasteiger partial charge in [0.1, 0.15) is 0 Å². The third kappa shape index (κ3) is 5.39. The first-order valence-corrected chi connectivity index (χ1v) is 10.1. The van der Waals surface area contributed by atoms with E-state index in [1.165, 1.54) is 17.7 Å². The molecule has 0 atom stereocenters. The molecule has 0 amide bonds. The van der Waals surface area contributed by atoms with Crippen LogP contribution in [0.25, 0.3) is 0 Å². The Kier molecular flexibility index (Phi) is 6.50. The van der Waals surface area contributed by atoms with Crippen molar-refractivity contribution in [2.75, 3.05) is 5.32 Å². The van der Waals surface area contributed by atoms with Gasteiger partial charge in [-0.1, -0.05) is 54.8 Å². The lowest BCUT2D eigenvalue weighted by molar-refractivity contribution is -0.137. The highest BCUT2D eigenvalue weighted by molar-refractivity contribution is 7.80. The summed E-state index contributed by atoms with van der Waals surface area (Å²) in [5.74, 6) is 0. The first-order valence-electron chi connectivity index (χ1n) is 9.27. The van der Waals surface area contributed by atoms with E-state index in [4.69, 9.17) is 23.8 Å². The van der Waals surface area contributed by atoms with Crippen molar-refractivity contribution < 1.29 is 13.2 Å². The molecule has 1 fully saturated rings. The summed E-state index contributed by atoms with van der Waals surface area (Å²) in [6, 6.07) is 14.0. The van der Waals surface area contributed by atoms with Gasteiger partial charge in [0, 0.05) is 11.2 Å². The molecule has 1 saturated carbocycles. The lowest BCUT2D eigenvalue weighted by Gasteiger charge is -2.32. The average Bonchev–Trinajstić information content (AvgIpc) is 3.10. The van der Waals surface area contributed by atoms with Crippen LogP contribution in [0.4, 0.5) is 18.9 Å². The molecule has 2 nitrogen and oxygen atoms in total. The fourth-order valence-corrected chi connectivity index (χ4v) is 4.30. The molecule has 7 heteroatoms. The summed E-state index contributed by atoms with van der Waals surface area (Å²) in [5.41, 5.74) is 0.535. The maximum absolute atomic E-state index is 13.1. The molecule has 2 aromatic carbocycles. The van der Waals surface area contributed by atoms with E-state index in [1.807, 2.05) is 18.2 Å². The minimum absolute atomic E-state index is 0.126. The summed E-state index contributed by atoms with van der Waals surface area (Å²) in [4.78, 5) is 0. The van der Waals surface area contributed by atoms with Crippen molar-refractivity contribution in [1.29, 1.82) is 0 Å². The largest absolute Gasteiger partial charge is 0.417 e. The van der Waals surface area contributed by atoms with E-state index in [1.54, 1.807) is 0 Å². The van der Waals surface area contributed by atoms with E-state index < -0.39 is 11.7 Å². The van der Waals surface area contributed by atoms with E-state index in [2.05, 4.69) is 22.8 Å². The molecule has 2 N–H and O–H groups in total. The monoisotopic (exact) mass is 426 g/mol. The van der Waals surface area contributed by atoms with Crippen LogP contribution in [0.5, 0.6) is 0 Å². The quantitative estimate of drug-likeness (QED) is 0.527. The molecule has 0 heterocycles. The third-order valence-electron chi connectivity index (χ3n) is 5.20. The molecule has 28 heavy (non-hydrogen) atoms. The van der Waals surface area contributed by atoms with Gasteiger partial charge in [-0.05, 0) is 61.7 Å². The number of benzene rings is 2. The molecular formula is C21H22ClF3N2S. The number of hydrogen-bond donors (Lipinski definition) is 2. The van der Waals surface area contributed by atoms with E-state index in [-0.39, 0.29) is 16.2 Å². The van der Waals surface area contributed by atoms with Gasteiger partial charge >= 0.3 is 6.18 Å². The Hall–Kier alpha value is -1.79. The maximum Gasteiger partial charge on any atom is 0.417 e. The van der Waals surface area contributed by atoms with Gasteiger partial charge in [0.05, 0.1) is 10.6 Å². The zero-order chi connectivity index (χ0) is 20.2. The minimum Gasteiger partial charge on any atom is -0.357 e. The topological polar surface area (TPSA) is 24.1 Å². The van der Waals surface area contributed by atoms with Gasteiger partial charge in [0.2, 0.25) is 0 Å². The highest BCUT2D eigenvalue weighted by Crippen LogP contribution is 2.37. The summed E-state index contributed by atoms with van der Waals surface area (Å²) in [6.07, 6.45) is 1.56. The van der Waals surface area contributed by atoms with Crippen molar-refractivity contribution >= 4 is 34.6 Å². The molecule has 0 unspecified atom stereocenters. The normalized spacial score (nSPS) is 16.0. The molecule has 150 valence electrons. The molecule has 0 aliphatic heterocycles. The smallest absolute Gasteiger partial charge is 0.357 e. The summed E-state index contributed by atoms with van der Waals surface area (Å²) in [7, 11) is 0. The maximum atomic E-state index is 13.1.